The van der Waals surface area contributed by atoms with Crippen molar-refractivity contribution in [2.45, 2.75) is 37.2 Å². The molecule has 2 aliphatic rings. The number of aromatic nitrogens is 1. The second-order valence-electron chi connectivity index (χ2n) is 9.70. The number of aliphatic hydroxyl groups is 1. The molecule has 1 aromatic heterocycles. The highest BCUT2D eigenvalue weighted by atomic mass is 32.2. The van der Waals surface area contributed by atoms with Gasteiger partial charge >= 0.3 is 5.97 Å². The van der Waals surface area contributed by atoms with Crippen molar-refractivity contribution in [1.82, 2.24) is 0 Å². The number of pyridine rings is 1. The Balaban J connectivity index is 1.52. The van der Waals surface area contributed by atoms with E-state index in [4.69, 9.17) is 4.74 Å². The molecule has 0 unspecified atom stereocenters. The number of para-hydroxylation sites is 1. The van der Waals surface area contributed by atoms with E-state index in [1.54, 1.807) is 11.8 Å². The van der Waals surface area contributed by atoms with Crippen LogP contribution in [0.15, 0.2) is 76.2 Å². The maximum Gasteiger partial charge on any atom is 0.308 e. The topological polar surface area (TPSA) is 53.6 Å². The molecule has 0 bridgehead atoms. The van der Waals surface area contributed by atoms with Crippen molar-refractivity contribution in [1.29, 1.82) is 0 Å². The number of aryl methyl sites for hydroxylation is 1. The first kappa shape index (κ1) is 24.6. The predicted molar refractivity (Wildman–Crippen MR) is 145 cm³/mol. The zero-order chi connectivity index (χ0) is 25.2. The van der Waals surface area contributed by atoms with Gasteiger partial charge in [0.2, 0.25) is 11.2 Å². The van der Waals surface area contributed by atoms with Crippen LogP contribution in [0.4, 0.5) is 5.69 Å². The SMILES string of the molecule is COC(=O)C1CCC(C(=C\c2ccc3ccccc3[n+]2C)/C=C2/Sc3ccc(CO)cc3N2C)CC1. The molecule has 1 aliphatic carbocycles. The molecule has 6 heteroatoms. The zero-order valence-electron chi connectivity index (χ0n) is 21.1. The number of rotatable bonds is 5. The summed E-state index contributed by atoms with van der Waals surface area (Å²) in [5, 5.41) is 12.0. The normalized spacial score (nSPS) is 21.2. The van der Waals surface area contributed by atoms with E-state index in [0.717, 1.165) is 42.6 Å². The molecule has 0 radical (unpaired) electrons. The Kier molecular flexibility index (Phi) is 7.17. The zero-order valence-corrected chi connectivity index (χ0v) is 21.9. The molecule has 0 saturated heterocycles. The van der Waals surface area contributed by atoms with Gasteiger partial charge in [-0.25, -0.2) is 0 Å². The third-order valence-corrected chi connectivity index (χ3v) is 8.74. The van der Waals surface area contributed by atoms with E-state index in [0.29, 0.717) is 5.92 Å². The lowest BCUT2D eigenvalue weighted by atomic mass is 9.78. The van der Waals surface area contributed by atoms with Gasteiger partial charge in [-0.05, 0) is 73.1 Å². The lowest BCUT2D eigenvalue weighted by Gasteiger charge is -2.28. The molecule has 36 heavy (non-hydrogen) atoms. The molecule has 5 rings (SSSR count). The van der Waals surface area contributed by atoms with Crippen LogP contribution < -0.4 is 9.47 Å². The smallest absolute Gasteiger partial charge is 0.308 e. The Bertz CT molecular complexity index is 1360. The van der Waals surface area contributed by atoms with Crippen molar-refractivity contribution >= 4 is 40.4 Å². The van der Waals surface area contributed by atoms with E-state index in [1.807, 2.05) is 6.07 Å². The Morgan fingerprint density at radius 2 is 1.86 bits per heavy atom. The largest absolute Gasteiger partial charge is 0.469 e. The first-order valence-electron chi connectivity index (χ1n) is 12.5. The number of hydrogen-bond donors (Lipinski definition) is 1. The molecule has 186 valence electrons. The number of carbonyl (C=O) groups is 1. The Morgan fingerprint density at radius 1 is 1.11 bits per heavy atom. The number of carbonyl (C=O) groups excluding carboxylic acids is 1. The molecule has 5 nitrogen and oxygen atoms in total. The van der Waals surface area contributed by atoms with Gasteiger partial charge in [0.1, 0.15) is 7.05 Å². The number of thioether (sulfide) groups is 1. The Morgan fingerprint density at radius 3 is 2.61 bits per heavy atom. The molecule has 2 aromatic carbocycles. The van der Waals surface area contributed by atoms with Gasteiger partial charge in [-0.2, -0.15) is 4.57 Å². The van der Waals surface area contributed by atoms with E-state index in [1.165, 1.54) is 33.5 Å². The fourth-order valence-electron chi connectivity index (χ4n) is 5.36. The van der Waals surface area contributed by atoms with Gasteiger partial charge in [-0.1, -0.05) is 30.0 Å². The maximum atomic E-state index is 12.1. The fraction of sp³-hybridized carbons (Fsp3) is 0.333. The average Bonchev–Trinajstić information content (AvgIpc) is 3.23. The summed E-state index contributed by atoms with van der Waals surface area (Å²) in [7, 11) is 5.69. The molecular weight excluding hydrogens is 468 g/mol. The molecule has 3 aromatic rings. The van der Waals surface area contributed by atoms with Crippen molar-refractivity contribution < 1.29 is 19.2 Å². The highest BCUT2D eigenvalue weighted by molar-refractivity contribution is 8.03. The number of esters is 1. The quantitative estimate of drug-likeness (QED) is 0.364. The number of fused-ring (bicyclic) bond motifs is 2. The van der Waals surface area contributed by atoms with Crippen molar-refractivity contribution in [3.63, 3.8) is 0 Å². The highest BCUT2D eigenvalue weighted by Crippen LogP contribution is 2.47. The fourth-order valence-corrected chi connectivity index (χ4v) is 6.45. The number of anilines is 1. The number of allylic oxidation sites excluding steroid dienone is 2. The number of ether oxygens (including phenoxy) is 1. The number of nitrogens with zero attached hydrogens (tertiary/aromatic N) is 2. The van der Waals surface area contributed by atoms with Crippen LogP contribution in [0.2, 0.25) is 0 Å². The van der Waals surface area contributed by atoms with Crippen LogP contribution in [0.25, 0.3) is 17.0 Å². The minimum Gasteiger partial charge on any atom is -0.469 e. The average molecular weight is 502 g/mol. The van der Waals surface area contributed by atoms with Crippen molar-refractivity contribution in [2.75, 3.05) is 19.1 Å². The minimum absolute atomic E-state index is 0.00150. The van der Waals surface area contributed by atoms with Crippen LogP contribution in [0.1, 0.15) is 36.9 Å². The van der Waals surface area contributed by atoms with Gasteiger partial charge in [0.05, 0.1) is 30.4 Å². The number of benzene rings is 2. The third-order valence-electron chi connectivity index (χ3n) is 7.57. The van der Waals surface area contributed by atoms with E-state index in [-0.39, 0.29) is 18.5 Å². The van der Waals surface area contributed by atoms with E-state index in [9.17, 15) is 9.90 Å². The number of aliphatic hydroxyl groups excluding tert-OH is 1. The Hall–Kier alpha value is -3.09. The molecule has 1 aliphatic heterocycles. The van der Waals surface area contributed by atoms with Gasteiger partial charge in [-0.15, -0.1) is 0 Å². The van der Waals surface area contributed by atoms with Crippen molar-refractivity contribution in [3.8, 4) is 0 Å². The summed E-state index contributed by atoms with van der Waals surface area (Å²) in [6.45, 7) is 0.0396. The summed E-state index contributed by atoms with van der Waals surface area (Å²) in [4.78, 5) is 15.5. The summed E-state index contributed by atoms with van der Waals surface area (Å²) in [6.07, 6.45) is 8.27. The first-order valence-corrected chi connectivity index (χ1v) is 13.3. The van der Waals surface area contributed by atoms with E-state index >= 15 is 0 Å². The van der Waals surface area contributed by atoms with Crippen molar-refractivity contribution in [3.05, 3.63) is 82.5 Å². The molecular formula is C30H33N2O3S+. The molecule has 0 atom stereocenters. The van der Waals surface area contributed by atoms with Gasteiger partial charge in [0, 0.05) is 35.5 Å². The van der Waals surface area contributed by atoms with E-state index in [2.05, 4.69) is 84.2 Å². The molecule has 1 fully saturated rings. The minimum atomic E-state index is -0.0838. The number of hydrogen-bond acceptors (Lipinski definition) is 5. The second kappa shape index (κ2) is 10.5. The highest BCUT2D eigenvalue weighted by Gasteiger charge is 2.30. The monoisotopic (exact) mass is 501 g/mol. The van der Waals surface area contributed by atoms with Crippen LogP contribution in [0.3, 0.4) is 0 Å². The molecule has 0 spiro atoms. The molecule has 2 heterocycles. The first-order chi connectivity index (χ1) is 17.5. The summed E-state index contributed by atoms with van der Waals surface area (Å²) in [6, 6.07) is 19.0. The Labute approximate surface area is 217 Å². The van der Waals surface area contributed by atoms with Gasteiger partial charge in [0.25, 0.3) is 0 Å². The van der Waals surface area contributed by atoms with Crippen LogP contribution in [-0.2, 0) is 23.2 Å². The summed E-state index contributed by atoms with van der Waals surface area (Å²) < 4.78 is 7.27. The van der Waals surface area contributed by atoms with E-state index < -0.39 is 0 Å². The summed E-state index contributed by atoms with van der Waals surface area (Å²) in [5.41, 5.74) is 5.68. The maximum absolute atomic E-state index is 12.1. The lowest BCUT2D eigenvalue weighted by Crippen LogP contribution is -2.33. The molecule has 0 amide bonds. The lowest BCUT2D eigenvalue weighted by molar-refractivity contribution is -0.646. The van der Waals surface area contributed by atoms with Crippen LogP contribution >= 0.6 is 11.8 Å². The molecule has 1 N–H and O–H groups in total. The standard InChI is InChI=1S/C30H33N2O3S/c1-31-25(14-13-22-6-4-5-7-26(22)31)17-24(21-9-11-23(12-10-21)30(34)35-3)18-29-32(2)27-16-20(19-33)8-15-28(27)36-29/h4-8,13-18,21,23,33H,9-12,19H2,1-3H3/q+1. The van der Waals surface area contributed by atoms with Crippen LogP contribution in [0, 0.1) is 11.8 Å². The van der Waals surface area contributed by atoms with Crippen LogP contribution in [0.5, 0.6) is 0 Å². The summed E-state index contributed by atoms with van der Waals surface area (Å²) in [5.74, 6) is 0.289. The predicted octanol–water partition coefficient (Wildman–Crippen LogP) is 5.60. The van der Waals surface area contributed by atoms with Crippen molar-refractivity contribution in [2.24, 2.45) is 18.9 Å². The molecule has 1 saturated carbocycles. The van der Waals surface area contributed by atoms with Gasteiger partial charge in [0.15, 0.2) is 0 Å². The van der Waals surface area contributed by atoms with Crippen LogP contribution in [-0.4, -0.2) is 25.2 Å². The van der Waals surface area contributed by atoms with Gasteiger partial charge in [-0.3, -0.25) is 4.79 Å². The van der Waals surface area contributed by atoms with Gasteiger partial charge < -0.3 is 14.7 Å². The second-order valence-corrected chi connectivity index (χ2v) is 10.8. The summed E-state index contributed by atoms with van der Waals surface area (Å²) >= 11 is 1.77. The third kappa shape index (κ3) is 4.80. The number of methoxy groups -OCH3 is 1.